The van der Waals surface area contributed by atoms with Crippen LogP contribution in [0, 0.1) is 6.08 Å². The van der Waals surface area contributed by atoms with Gasteiger partial charge in [-0.05, 0) is 5.67 Å². The summed E-state index contributed by atoms with van der Waals surface area (Å²) in [6.07, 6.45) is 12.5. The second kappa shape index (κ2) is 18.3. The monoisotopic (exact) mass is 354 g/mol. The summed E-state index contributed by atoms with van der Waals surface area (Å²) in [6, 6.07) is 0. The van der Waals surface area contributed by atoms with E-state index in [9.17, 15) is 4.79 Å². The van der Waals surface area contributed by atoms with Crippen molar-refractivity contribution in [2.24, 2.45) is 5.73 Å². The van der Waals surface area contributed by atoms with Crippen molar-refractivity contribution < 1.29 is 51.3 Å². The number of carbonyl (C=O) groups is 1. The number of carbonyl (C=O) groups excluding carboxylic acids is 1. The number of hydrogen-bond acceptors (Lipinski definition) is 1. The first-order chi connectivity index (χ1) is 7.56. The van der Waals surface area contributed by atoms with Crippen LogP contribution in [0.3, 0.4) is 0 Å². The molecule has 6 heteroatoms. The molecule has 0 atom stereocenters. The Morgan fingerprint density at radius 3 is 2.32 bits per heavy atom. The van der Waals surface area contributed by atoms with Crippen LogP contribution >= 0.6 is 0 Å². The van der Waals surface area contributed by atoms with E-state index in [2.05, 4.69) is 25.2 Å². The van der Waals surface area contributed by atoms with Gasteiger partial charge in [0.15, 0.2) is 0 Å². The maximum atomic E-state index is 10.0. The van der Waals surface area contributed by atoms with Crippen molar-refractivity contribution >= 4 is 20.0 Å². The summed E-state index contributed by atoms with van der Waals surface area (Å²) in [5, 5.41) is 0. The van der Waals surface area contributed by atoms with E-state index >= 15 is 0 Å². The molecule has 2 nitrogen and oxygen atoms in total. The third-order valence-corrected chi connectivity index (χ3v) is 2.86. The van der Waals surface area contributed by atoms with E-state index in [0.717, 1.165) is 6.42 Å². The Morgan fingerprint density at radius 2 is 2.05 bits per heavy atom. The van der Waals surface area contributed by atoms with Crippen molar-refractivity contribution in [2.75, 3.05) is 0 Å². The van der Waals surface area contributed by atoms with Crippen LogP contribution in [0.25, 0.3) is 0 Å². The van der Waals surface area contributed by atoms with Crippen LogP contribution in [-0.2, 0) is 26.5 Å². The van der Waals surface area contributed by atoms with Gasteiger partial charge in [-0.3, -0.25) is 10.9 Å². The zero-order chi connectivity index (χ0) is 12.4. The van der Waals surface area contributed by atoms with Crippen LogP contribution in [0.15, 0.2) is 17.7 Å². The van der Waals surface area contributed by atoms with E-state index < -0.39 is 8.41 Å². The predicted octanol–water partition coefficient (Wildman–Crippen LogP) is -3.52. The van der Waals surface area contributed by atoms with Crippen LogP contribution in [-0.4, -0.2) is 20.0 Å². The summed E-state index contributed by atoms with van der Waals surface area (Å²) in [5.74, 6) is -0.293. The molecule has 0 fully saturated rings. The van der Waals surface area contributed by atoms with Crippen molar-refractivity contribution in [3.8, 4) is 0 Å². The van der Waals surface area contributed by atoms with Gasteiger partial charge in [-0.1, -0.05) is 39.3 Å². The Hall–Kier alpha value is 0.331. The molecule has 0 bridgehead atoms. The first kappa shape index (κ1) is 27.6. The fourth-order valence-corrected chi connectivity index (χ4v) is 1.84. The third-order valence-electron chi connectivity index (χ3n) is 2.00. The van der Waals surface area contributed by atoms with E-state index in [4.69, 9.17) is 5.73 Å². The molecule has 0 saturated carbocycles. The van der Waals surface area contributed by atoms with E-state index in [0.29, 0.717) is 0 Å². The summed E-state index contributed by atoms with van der Waals surface area (Å²) in [6.45, 7) is 6.24. The van der Waals surface area contributed by atoms with Gasteiger partial charge < -0.3 is 30.5 Å². The molecular weight excluding hydrogens is 333 g/mol. The first-order valence-corrected chi connectivity index (χ1v) is 8.34. The van der Waals surface area contributed by atoms with Crippen LogP contribution < -0.4 is 30.5 Å². The molecule has 1 amide bonds. The number of rotatable bonds is 4. The SMILES string of the molecule is CCCCC1=[C-]CC=C1.C[Si](C)=CC(N)=O.[Cl-].[Cl-].[Ti+3]. The molecule has 19 heavy (non-hydrogen) atoms. The van der Waals surface area contributed by atoms with E-state index in [1.807, 2.05) is 13.1 Å². The fraction of sp³-hybridized carbons (Fsp3) is 0.538. The maximum absolute atomic E-state index is 10.0. The number of nitrogens with two attached hydrogens (primary N) is 1. The third kappa shape index (κ3) is 20.8. The van der Waals surface area contributed by atoms with E-state index in [-0.39, 0.29) is 52.4 Å². The average molecular weight is 355 g/mol. The van der Waals surface area contributed by atoms with Crippen LogP contribution in [0.5, 0.6) is 0 Å². The van der Waals surface area contributed by atoms with Gasteiger partial charge in [0, 0.05) is 8.41 Å². The van der Waals surface area contributed by atoms with Crippen molar-refractivity contribution in [1.82, 2.24) is 0 Å². The van der Waals surface area contributed by atoms with Crippen molar-refractivity contribution in [1.29, 1.82) is 0 Å². The topological polar surface area (TPSA) is 43.1 Å². The number of halogens is 2. The van der Waals surface area contributed by atoms with Gasteiger partial charge in [0.2, 0.25) is 5.91 Å². The number of primary amides is 1. The minimum absolute atomic E-state index is 0. The molecular formula is C13H22Cl2NOSiTi. The van der Waals surface area contributed by atoms with Crippen molar-refractivity contribution in [2.45, 2.75) is 45.7 Å². The Labute approximate surface area is 146 Å². The minimum atomic E-state index is -0.534. The van der Waals surface area contributed by atoms with Gasteiger partial charge in [-0.25, -0.2) is 11.6 Å². The molecule has 0 unspecified atom stereocenters. The van der Waals surface area contributed by atoms with E-state index in [1.54, 1.807) is 5.67 Å². The molecule has 0 aromatic carbocycles. The predicted molar refractivity (Wildman–Crippen MR) is 72.8 cm³/mol. The quantitative estimate of drug-likeness (QED) is 0.413. The smallest absolute Gasteiger partial charge is 1.00 e. The molecule has 0 aromatic heterocycles. The molecule has 0 aromatic rings. The summed E-state index contributed by atoms with van der Waals surface area (Å²) in [5.41, 5.74) is 7.81. The summed E-state index contributed by atoms with van der Waals surface area (Å²) in [7, 11) is -0.534. The van der Waals surface area contributed by atoms with Crippen LogP contribution in [0.4, 0.5) is 0 Å². The van der Waals surface area contributed by atoms with Gasteiger partial charge in [0.1, 0.15) is 0 Å². The second-order valence-electron chi connectivity index (χ2n) is 4.04. The number of unbranched alkanes of at least 4 members (excludes halogenated alkanes) is 1. The van der Waals surface area contributed by atoms with Crippen LogP contribution in [0.2, 0.25) is 13.1 Å². The Morgan fingerprint density at radius 1 is 1.47 bits per heavy atom. The molecule has 0 aliphatic heterocycles. The summed E-state index contributed by atoms with van der Waals surface area (Å²) >= 11 is 0. The molecule has 1 aliphatic rings. The van der Waals surface area contributed by atoms with Gasteiger partial charge in [0.05, 0.1) is 0 Å². The molecule has 107 valence electrons. The number of hydrogen-bond donors (Lipinski definition) is 1. The van der Waals surface area contributed by atoms with Gasteiger partial charge >= 0.3 is 21.7 Å². The van der Waals surface area contributed by atoms with Gasteiger partial charge in [-0.15, -0.1) is 6.42 Å². The van der Waals surface area contributed by atoms with Gasteiger partial charge in [-0.2, -0.15) is 6.08 Å². The average Bonchev–Trinajstić information content (AvgIpc) is 2.65. The molecule has 0 spiro atoms. The molecule has 1 aliphatic carbocycles. The molecule has 1 rings (SSSR count). The maximum Gasteiger partial charge on any atom is 3.00 e. The standard InChI is InChI=1S/C9H13.C4H9NOSi.2ClH.Ti/c1-2-3-6-9-7-4-5-8-9;1-7(2)3-4(5)6;;;/h4,7H,2-3,5-6H2,1H3;3H,1-2H3,(H2,5,6);2*1H;/q-1;;;;+3/p-2. The zero-order valence-electron chi connectivity index (χ0n) is 11.8. The largest absolute Gasteiger partial charge is 3.00 e. The summed E-state index contributed by atoms with van der Waals surface area (Å²) < 4.78 is 0. The van der Waals surface area contributed by atoms with Gasteiger partial charge in [0.25, 0.3) is 0 Å². The fourth-order valence-electron chi connectivity index (χ4n) is 1.27. The number of allylic oxidation sites excluding steroid dienone is 4. The Kier molecular flexibility index (Phi) is 26.7. The minimum Gasteiger partial charge on any atom is -1.00 e. The second-order valence-corrected chi connectivity index (χ2v) is 6.48. The first-order valence-electron chi connectivity index (χ1n) is 5.76. The molecule has 1 radical (unpaired) electrons. The number of amides is 1. The van der Waals surface area contributed by atoms with Crippen molar-refractivity contribution in [3.63, 3.8) is 0 Å². The molecule has 0 saturated heterocycles. The van der Waals surface area contributed by atoms with E-state index in [1.165, 1.54) is 24.8 Å². The zero-order valence-corrected chi connectivity index (χ0v) is 15.9. The Balaban J connectivity index is -0.000000105. The summed E-state index contributed by atoms with van der Waals surface area (Å²) in [4.78, 5) is 10.0. The molecule has 2 N–H and O–H groups in total. The van der Waals surface area contributed by atoms with Crippen molar-refractivity contribution in [3.05, 3.63) is 23.8 Å². The van der Waals surface area contributed by atoms with Crippen LogP contribution in [0.1, 0.15) is 32.6 Å². The molecule has 0 heterocycles. The Bertz CT molecular complexity index is 314. The normalized spacial score (nSPS) is 10.6.